The molecule has 1 aliphatic carbocycles. The van der Waals surface area contributed by atoms with E-state index in [9.17, 15) is 4.79 Å². The molecule has 176 valence electrons. The lowest BCUT2D eigenvalue weighted by atomic mass is 9.90. The summed E-state index contributed by atoms with van der Waals surface area (Å²) in [5.74, 6) is 1.41. The van der Waals surface area contributed by atoms with Crippen LogP contribution in [0.25, 0.3) is 44.9 Å². The summed E-state index contributed by atoms with van der Waals surface area (Å²) in [7, 11) is 4.04. The number of carbonyl (C=O) groups excluding carboxylic acids is 1. The van der Waals surface area contributed by atoms with Crippen LogP contribution in [-0.4, -0.2) is 38.5 Å². The molecule has 0 spiro atoms. The van der Waals surface area contributed by atoms with Crippen molar-refractivity contribution in [3.63, 3.8) is 0 Å². The number of rotatable bonds is 6. The molecule has 1 aromatic heterocycles. The van der Waals surface area contributed by atoms with Gasteiger partial charge in [0.05, 0.1) is 12.3 Å². The van der Waals surface area contributed by atoms with Crippen LogP contribution in [0.5, 0.6) is 0 Å². The molecule has 0 unspecified atom stereocenters. The Morgan fingerprint density at radius 1 is 0.914 bits per heavy atom. The molecule has 0 fully saturated rings. The highest BCUT2D eigenvalue weighted by Crippen LogP contribution is 2.44. The third-order valence-electron chi connectivity index (χ3n) is 6.40. The van der Waals surface area contributed by atoms with Crippen LogP contribution in [0.3, 0.4) is 0 Å². The molecular weight excluding hydrogens is 438 g/mol. The first-order valence-electron chi connectivity index (χ1n) is 11.8. The molecule has 5 rings (SSSR count). The van der Waals surface area contributed by atoms with Gasteiger partial charge in [0.25, 0.3) is 0 Å². The Bertz CT molecular complexity index is 1570. The third kappa shape index (κ3) is 4.01. The van der Waals surface area contributed by atoms with Crippen LogP contribution in [-0.2, 0) is 0 Å². The lowest BCUT2D eigenvalue weighted by Gasteiger charge is -2.22. The molecule has 0 N–H and O–H groups in total. The van der Waals surface area contributed by atoms with E-state index in [0.717, 1.165) is 63.1 Å². The number of anilines is 1. The highest BCUT2D eigenvalue weighted by Gasteiger charge is 2.22. The van der Waals surface area contributed by atoms with Crippen LogP contribution in [0.1, 0.15) is 24.4 Å². The van der Waals surface area contributed by atoms with Crippen LogP contribution in [0, 0.1) is 0 Å². The molecule has 6 heteroatoms. The van der Waals surface area contributed by atoms with E-state index in [4.69, 9.17) is 8.83 Å². The van der Waals surface area contributed by atoms with Gasteiger partial charge in [-0.05, 0) is 43.7 Å². The van der Waals surface area contributed by atoms with Crippen LogP contribution >= 0.6 is 0 Å². The van der Waals surface area contributed by atoms with Gasteiger partial charge in [0.2, 0.25) is 11.2 Å². The highest BCUT2D eigenvalue weighted by atomic mass is 16.4. The number of aldehydes is 1. The summed E-state index contributed by atoms with van der Waals surface area (Å²) in [5.41, 5.74) is 5.75. The number of hydrogen-bond donors (Lipinski definition) is 0. The number of aromatic nitrogens is 1. The van der Waals surface area contributed by atoms with E-state index >= 15 is 0 Å². The normalized spacial score (nSPS) is 11.2. The first kappa shape index (κ1) is 22.6. The molecule has 1 aliphatic heterocycles. The fourth-order valence-electron chi connectivity index (χ4n) is 4.57. The van der Waals surface area contributed by atoms with Crippen molar-refractivity contribution in [2.75, 3.05) is 32.1 Å². The summed E-state index contributed by atoms with van der Waals surface area (Å²) in [6, 6.07) is 20.6. The number of hydrogen-bond acceptors (Lipinski definition) is 5. The zero-order valence-electron chi connectivity index (χ0n) is 20.4. The molecular formula is C29H28N3O3+. The fourth-order valence-corrected chi connectivity index (χ4v) is 4.57. The zero-order valence-corrected chi connectivity index (χ0v) is 20.4. The van der Waals surface area contributed by atoms with Crippen molar-refractivity contribution < 1.29 is 13.6 Å². The molecule has 6 nitrogen and oxygen atoms in total. The fraction of sp³-hybridized carbons (Fsp3) is 0.207. The molecule has 3 aromatic rings. The van der Waals surface area contributed by atoms with Gasteiger partial charge in [-0.2, -0.15) is 0 Å². The van der Waals surface area contributed by atoms with Crippen molar-refractivity contribution in [1.82, 2.24) is 9.56 Å². The van der Waals surface area contributed by atoms with E-state index in [2.05, 4.69) is 70.8 Å². The maximum absolute atomic E-state index is 11.2. The van der Waals surface area contributed by atoms with Crippen molar-refractivity contribution in [2.45, 2.75) is 13.8 Å². The molecule has 0 radical (unpaired) electrons. The quantitative estimate of drug-likeness (QED) is 0.187. The molecule has 0 atom stereocenters. The van der Waals surface area contributed by atoms with Gasteiger partial charge in [0.1, 0.15) is 25.4 Å². The standard InChI is InChI=1S/C29H28N3O3/c1-5-32(6-2)20-12-14-25-27(16-20)35-26-15-19(31(3)4)11-13-24(26)28(25)22-9-7-8-10-23(22)29-30-17-21(18-33)34-29/h7-18H,5-6H2,1-4H3/q+1. The minimum atomic E-state index is 0.201. The van der Waals surface area contributed by atoms with Gasteiger partial charge in [-0.1, -0.05) is 18.2 Å². The molecule has 2 aromatic carbocycles. The minimum Gasteiger partial charge on any atom is -0.456 e. The first-order chi connectivity index (χ1) is 17.0. The van der Waals surface area contributed by atoms with Crippen molar-refractivity contribution in [2.24, 2.45) is 0 Å². The monoisotopic (exact) mass is 466 g/mol. The molecule has 35 heavy (non-hydrogen) atoms. The highest BCUT2D eigenvalue weighted by molar-refractivity contribution is 6.05. The van der Waals surface area contributed by atoms with E-state index in [1.54, 1.807) is 0 Å². The molecule has 0 amide bonds. The molecule has 0 saturated heterocycles. The topological polar surface area (TPSA) is 62.5 Å². The molecule has 0 saturated carbocycles. The van der Waals surface area contributed by atoms with E-state index in [1.807, 2.05) is 32.3 Å². The largest absolute Gasteiger partial charge is 0.456 e. The average molecular weight is 467 g/mol. The van der Waals surface area contributed by atoms with Gasteiger partial charge in [0, 0.05) is 53.0 Å². The van der Waals surface area contributed by atoms with Crippen LogP contribution in [0.15, 0.2) is 75.7 Å². The lowest BCUT2D eigenvalue weighted by molar-refractivity contribution is 0.110. The van der Waals surface area contributed by atoms with Gasteiger partial charge in [-0.25, -0.2) is 9.56 Å². The van der Waals surface area contributed by atoms with Gasteiger partial charge in [-0.3, -0.25) is 4.79 Å². The average Bonchev–Trinajstić information content (AvgIpc) is 3.37. The van der Waals surface area contributed by atoms with E-state index in [1.165, 1.54) is 6.20 Å². The van der Waals surface area contributed by atoms with Crippen molar-refractivity contribution >= 4 is 22.9 Å². The van der Waals surface area contributed by atoms with Crippen LogP contribution in [0.2, 0.25) is 0 Å². The summed E-state index contributed by atoms with van der Waals surface area (Å²) in [6.07, 6.45) is 2.12. The smallest absolute Gasteiger partial charge is 0.227 e. The Balaban J connectivity index is 1.87. The van der Waals surface area contributed by atoms with Crippen molar-refractivity contribution in [3.05, 3.63) is 78.0 Å². The van der Waals surface area contributed by atoms with Gasteiger partial charge in [0.15, 0.2) is 12.0 Å². The molecule has 2 heterocycles. The number of benzene rings is 3. The lowest BCUT2D eigenvalue weighted by Crippen LogP contribution is -2.21. The summed E-state index contributed by atoms with van der Waals surface area (Å²) in [6.45, 7) is 6.14. The third-order valence-corrected chi connectivity index (χ3v) is 6.40. The number of carbonyl (C=O) groups is 1. The number of fused-ring (bicyclic) bond motifs is 2. The van der Waals surface area contributed by atoms with Gasteiger partial charge < -0.3 is 13.7 Å². The van der Waals surface area contributed by atoms with E-state index in [0.29, 0.717) is 12.2 Å². The Hall–Kier alpha value is -4.19. The summed E-state index contributed by atoms with van der Waals surface area (Å²) in [5, 5.41) is 2.06. The van der Waals surface area contributed by atoms with Gasteiger partial charge >= 0.3 is 0 Å². The Labute approximate surface area is 204 Å². The first-order valence-corrected chi connectivity index (χ1v) is 11.8. The SMILES string of the molecule is CCN(CC)c1ccc2c(-c3ccccc3-c3ncc(C=O)o3)c3ccc(=[N+](C)C)cc-3oc2c1. The maximum Gasteiger partial charge on any atom is 0.227 e. The van der Waals surface area contributed by atoms with Crippen LogP contribution in [0.4, 0.5) is 5.69 Å². The predicted octanol–water partition coefficient (Wildman–Crippen LogP) is 5.55. The zero-order chi connectivity index (χ0) is 24.5. The second-order valence-corrected chi connectivity index (χ2v) is 8.64. The number of oxazole rings is 1. The Morgan fingerprint density at radius 2 is 1.69 bits per heavy atom. The van der Waals surface area contributed by atoms with E-state index < -0.39 is 0 Å². The summed E-state index contributed by atoms with van der Waals surface area (Å²) < 4.78 is 14.3. The number of nitrogens with zero attached hydrogens (tertiary/aromatic N) is 3. The Kier molecular flexibility index (Phi) is 5.95. The van der Waals surface area contributed by atoms with Crippen molar-refractivity contribution in [1.29, 1.82) is 0 Å². The molecule has 0 bridgehead atoms. The Morgan fingerprint density at radius 3 is 2.37 bits per heavy atom. The summed E-state index contributed by atoms with van der Waals surface area (Å²) in [4.78, 5) is 17.9. The van der Waals surface area contributed by atoms with Crippen LogP contribution < -0.4 is 14.8 Å². The molecule has 2 aliphatic rings. The van der Waals surface area contributed by atoms with Crippen molar-refractivity contribution in [3.8, 4) is 33.9 Å². The predicted molar refractivity (Wildman–Crippen MR) is 140 cm³/mol. The summed E-state index contributed by atoms with van der Waals surface area (Å²) >= 11 is 0. The maximum atomic E-state index is 11.2. The second-order valence-electron chi connectivity index (χ2n) is 8.64. The van der Waals surface area contributed by atoms with Gasteiger partial charge in [-0.15, -0.1) is 0 Å². The van der Waals surface area contributed by atoms with E-state index in [-0.39, 0.29) is 5.76 Å². The second kappa shape index (κ2) is 9.22. The minimum absolute atomic E-state index is 0.201.